The third kappa shape index (κ3) is 4.19. The standard InChI is InChI=1S/C28H29N7O2S/c1-3-9-24-30-27(25-20(2)32-35(28(25)31-24)22-12-5-4-6-13-22)33-16-18-34(19-17-33)38(36,37)23-14-7-10-21-11-8-15-29-26(21)23/h4-8,10-15H,3,9,16-19H2,1-2H3. The SMILES string of the molecule is CCCc1nc(N2CCN(S(=O)(=O)c3cccc4cccnc34)CC2)c2c(C)nn(-c3ccccc3)c2n1. The molecule has 0 N–H and O–H groups in total. The Hall–Kier alpha value is -3.89. The normalized spacial score (nSPS) is 14.9. The fraction of sp³-hybridized carbons (Fsp3) is 0.286. The highest BCUT2D eigenvalue weighted by atomic mass is 32.2. The van der Waals surface area contributed by atoms with E-state index in [0.29, 0.717) is 31.7 Å². The van der Waals surface area contributed by atoms with Gasteiger partial charge in [0.2, 0.25) is 10.0 Å². The maximum absolute atomic E-state index is 13.6. The van der Waals surface area contributed by atoms with Crippen LogP contribution < -0.4 is 4.90 Å². The molecule has 1 fully saturated rings. The molecular formula is C28H29N7O2S. The molecule has 9 nitrogen and oxygen atoms in total. The van der Waals surface area contributed by atoms with Crippen molar-refractivity contribution < 1.29 is 8.42 Å². The molecule has 3 aromatic heterocycles. The molecule has 194 valence electrons. The van der Waals surface area contributed by atoms with E-state index in [2.05, 4.69) is 16.8 Å². The number of anilines is 1. The highest BCUT2D eigenvalue weighted by molar-refractivity contribution is 7.89. The molecule has 0 atom stereocenters. The van der Waals surface area contributed by atoms with Crippen molar-refractivity contribution >= 4 is 37.8 Å². The molecule has 5 aromatic rings. The van der Waals surface area contributed by atoms with Gasteiger partial charge in [-0.25, -0.2) is 23.1 Å². The van der Waals surface area contributed by atoms with Gasteiger partial charge in [0.15, 0.2) is 5.65 Å². The van der Waals surface area contributed by atoms with E-state index in [4.69, 9.17) is 15.1 Å². The van der Waals surface area contributed by atoms with E-state index in [9.17, 15) is 8.42 Å². The van der Waals surface area contributed by atoms with Crippen LogP contribution in [0.25, 0.3) is 27.6 Å². The number of hydrogen-bond acceptors (Lipinski definition) is 7. The molecular weight excluding hydrogens is 498 g/mol. The van der Waals surface area contributed by atoms with Crippen LogP contribution in [0.3, 0.4) is 0 Å². The molecule has 6 rings (SSSR count). The number of piperazine rings is 1. The second-order valence-corrected chi connectivity index (χ2v) is 11.4. The first-order valence-corrected chi connectivity index (χ1v) is 14.3. The Morgan fingerprint density at radius 1 is 0.895 bits per heavy atom. The first-order valence-electron chi connectivity index (χ1n) is 12.9. The summed E-state index contributed by atoms with van der Waals surface area (Å²) in [5.74, 6) is 1.59. The van der Waals surface area contributed by atoms with E-state index in [1.807, 2.05) is 60.1 Å². The van der Waals surface area contributed by atoms with Gasteiger partial charge in [0, 0.05) is 44.2 Å². The summed E-state index contributed by atoms with van der Waals surface area (Å²) in [5, 5.41) is 6.53. The molecule has 0 spiro atoms. The van der Waals surface area contributed by atoms with Gasteiger partial charge in [0.1, 0.15) is 16.5 Å². The number of benzene rings is 2. The molecule has 1 saturated heterocycles. The van der Waals surface area contributed by atoms with Crippen molar-refractivity contribution in [2.75, 3.05) is 31.1 Å². The smallest absolute Gasteiger partial charge is 0.245 e. The van der Waals surface area contributed by atoms with Crippen LogP contribution in [-0.2, 0) is 16.4 Å². The molecule has 0 amide bonds. The first kappa shape index (κ1) is 24.4. The predicted molar refractivity (Wildman–Crippen MR) is 148 cm³/mol. The number of nitrogens with zero attached hydrogens (tertiary/aromatic N) is 7. The van der Waals surface area contributed by atoms with Gasteiger partial charge in [0.05, 0.1) is 22.3 Å². The third-order valence-corrected chi connectivity index (χ3v) is 8.89. The quantitative estimate of drug-likeness (QED) is 0.327. The van der Waals surface area contributed by atoms with E-state index in [0.717, 1.165) is 52.3 Å². The van der Waals surface area contributed by atoms with E-state index in [1.54, 1.807) is 22.6 Å². The zero-order valence-electron chi connectivity index (χ0n) is 21.4. The van der Waals surface area contributed by atoms with Crippen LogP contribution in [0.1, 0.15) is 24.9 Å². The summed E-state index contributed by atoms with van der Waals surface area (Å²) in [7, 11) is -3.70. The summed E-state index contributed by atoms with van der Waals surface area (Å²) >= 11 is 0. The van der Waals surface area contributed by atoms with Crippen molar-refractivity contribution in [1.82, 2.24) is 29.0 Å². The van der Waals surface area contributed by atoms with E-state index < -0.39 is 10.0 Å². The van der Waals surface area contributed by atoms with Crippen LogP contribution in [0.5, 0.6) is 0 Å². The zero-order valence-corrected chi connectivity index (χ0v) is 22.3. The van der Waals surface area contributed by atoms with E-state index >= 15 is 0 Å². The summed E-state index contributed by atoms with van der Waals surface area (Å²) < 4.78 is 30.7. The molecule has 38 heavy (non-hydrogen) atoms. The molecule has 0 saturated carbocycles. The van der Waals surface area contributed by atoms with Crippen LogP contribution in [0.15, 0.2) is 71.8 Å². The van der Waals surface area contributed by atoms with Crippen molar-refractivity contribution in [2.24, 2.45) is 0 Å². The van der Waals surface area contributed by atoms with Crippen molar-refractivity contribution in [1.29, 1.82) is 0 Å². The Labute approximate surface area is 221 Å². The van der Waals surface area contributed by atoms with Gasteiger partial charge in [0.25, 0.3) is 0 Å². The molecule has 0 unspecified atom stereocenters. The van der Waals surface area contributed by atoms with Gasteiger partial charge in [-0.2, -0.15) is 9.40 Å². The minimum Gasteiger partial charge on any atom is -0.353 e. The van der Waals surface area contributed by atoms with Crippen molar-refractivity contribution in [3.05, 3.63) is 78.4 Å². The summed E-state index contributed by atoms with van der Waals surface area (Å²) in [6.07, 6.45) is 3.31. The van der Waals surface area contributed by atoms with Gasteiger partial charge in [-0.05, 0) is 37.6 Å². The molecule has 2 aromatic carbocycles. The average molecular weight is 528 g/mol. The molecule has 0 radical (unpaired) electrons. The fourth-order valence-electron chi connectivity index (χ4n) is 5.08. The van der Waals surface area contributed by atoms with Gasteiger partial charge in [-0.1, -0.05) is 43.3 Å². The fourth-order valence-corrected chi connectivity index (χ4v) is 6.67. The Bertz CT molecular complexity index is 1720. The minimum atomic E-state index is -3.70. The lowest BCUT2D eigenvalue weighted by molar-refractivity contribution is 0.384. The highest BCUT2D eigenvalue weighted by Gasteiger charge is 2.32. The average Bonchev–Trinajstić information content (AvgIpc) is 3.29. The molecule has 0 aliphatic carbocycles. The number of fused-ring (bicyclic) bond motifs is 2. The Morgan fingerprint density at radius 2 is 1.66 bits per heavy atom. The number of aryl methyl sites for hydroxylation is 2. The summed E-state index contributed by atoms with van der Waals surface area (Å²) in [6, 6.07) is 19.0. The van der Waals surface area contributed by atoms with Crippen LogP contribution in [-0.4, -0.2) is 63.6 Å². The number of para-hydroxylation sites is 2. The number of rotatable bonds is 6. The topological polar surface area (TPSA) is 97.1 Å². The number of sulfonamides is 1. The molecule has 1 aliphatic heterocycles. The largest absolute Gasteiger partial charge is 0.353 e. The first-order chi connectivity index (χ1) is 18.5. The van der Waals surface area contributed by atoms with Crippen molar-refractivity contribution in [3.8, 4) is 5.69 Å². The van der Waals surface area contributed by atoms with Crippen molar-refractivity contribution in [2.45, 2.75) is 31.6 Å². The van der Waals surface area contributed by atoms with E-state index in [1.165, 1.54) is 0 Å². The summed E-state index contributed by atoms with van der Waals surface area (Å²) in [4.78, 5) is 16.6. The van der Waals surface area contributed by atoms with Gasteiger partial charge >= 0.3 is 0 Å². The number of aromatic nitrogens is 5. The maximum atomic E-state index is 13.6. The summed E-state index contributed by atoms with van der Waals surface area (Å²) in [5.41, 5.74) is 3.07. The maximum Gasteiger partial charge on any atom is 0.245 e. The minimum absolute atomic E-state index is 0.249. The van der Waals surface area contributed by atoms with Crippen LogP contribution in [0, 0.1) is 6.92 Å². The van der Waals surface area contributed by atoms with Crippen LogP contribution in [0.4, 0.5) is 5.82 Å². The summed E-state index contributed by atoms with van der Waals surface area (Å²) in [6.45, 7) is 5.83. The lowest BCUT2D eigenvalue weighted by Gasteiger charge is -2.35. The zero-order chi connectivity index (χ0) is 26.3. The highest BCUT2D eigenvalue weighted by Crippen LogP contribution is 2.31. The molecule has 4 heterocycles. The third-order valence-electron chi connectivity index (χ3n) is 6.96. The lowest BCUT2D eigenvalue weighted by Crippen LogP contribution is -2.49. The Kier molecular flexibility index (Phi) is 6.29. The Balaban J connectivity index is 1.34. The molecule has 0 bridgehead atoms. The van der Waals surface area contributed by atoms with E-state index in [-0.39, 0.29) is 4.90 Å². The van der Waals surface area contributed by atoms with Crippen LogP contribution >= 0.6 is 0 Å². The number of hydrogen-bond donors (Lipinski definition) is 0. The second kappa shape index (κ2) is 9.77. The van der Waals surface area contributed by atoms with Gasteiger partial charge in [-0.3, -0.25) is 4.98 Å². The molecule has 10 heteroatoms. The van der Waals surface area contributed by atoms with Crippen LogP contribution in [0.2, 0.25) is 0 Å². The Morgan fingerprint density at radius 3 is 2.42 bits per heavy atom. The monoisotopic (exact) mass is 527 g/mol. The van der Waals surface area contributed by atoms with Gasteiger partial charge < -0.3 is 4.90 Å². The predicted octanol–water partition coefficient (Wildman–Crippen LogP) is 4.14. The molecule has 1 aliphatic rings. The number of pyridine rings is 1. The second-order valence-electron chi connectivity index (χ2n) is 9.47. The lowest BCUT2D eigenvalue weighted by atomic mass is 10.2. The van der Waals surface area contributed by atoms with Gasteiger partial charge in [-0.15, -0.1) is 0 Å². The van der Waals surface area contributed by atoms with Crippen molar-refractivity contribution in [3.63, 3.8) is 0 Å².